The van der Waals surface area contributed by atoms with Crippen molar-refractivity contribution in [3.8, 4) is 0 Å². The first-order valence-electron chi connectivity index (χ1n) is 3.65. The minimum absolute atomic E-state index is 0.377. The van der Waals surface area contributed by atoms with Gasteiger partial charge in [-0.25, -0.2) is 0 Å². The summed E-state index contributed by atoms with van der Waals surface area (Å²) in [7, 11) is 0. The third kappa shape index (κ3) is 1.12. The van der Waals surface area contributed by atoms with Crippen molar-refractivity contribution in [3.05, 3.63) is 28.5 Å². The van der Waals surface area contributed by atoms with Gasteiger partial charge in [0.15, 0.2) is 0 Å². The molecule has 0 bridgehead atoms. The summed E-state index contributed by atoms with van der Waals surface area (Å²) < 4.78 is 0. The number of fused-ring (bicyclic) bond motifs is 1. The smallest absolute Gasteiger partial charge is 0.0616 e. The zero-order valence-corrected chi connectivity index (χ0v) is 7.02. The zero-order chi connectivity index (χ0) is 7.84. The minimum Gasteiger partial charge on any atom is -0.305 e. The first-order valence-corrected chi connectivity index (χ1v) is 4.03. The lowest BCUT2D eigenvalue weighted by Crippen LogP contribution is -2.07. The van der Waals surface area contributed by atoms with Crippen LogP contribution < -0.4 is 5.32 Å². The Morgan fingerprint density at radius 1 is 1.73 bits per heavy atom. The highest BCUT2D eigenvalue weighted by molar-refractivity contribution is 6.30. The van der Waals surface area contributed by atoms with Crippen molar-refractivity contribution in [1.82, 2.24) is 10.3 Å². The van der Waals surface area contributed by atoms with Crippen LogP contribution in [0, 0.1) is 0 Å². The van der Waals surface area contributed by atoms with E-state index in [2.05, 4.69) is 17.2 Å². The van der Waals surface area contributed by atoms with E-state index in [1.165, 1.54) is 5.56 Å². The molecule has 3 heteroatoms. The van der Waals surface area contributed by atoms with E-state index in [1.54, 1.807) is 6.20 Å². The van der Waals surface area contributed by atoms with Gasteiger partial charge in [-0.3, -0.25) is 4.98 Å². The van der Waals surface area contributed by atoms with Gasteiger partial charge in [-0.1, -0.05) is 11.6 Å². The van der Waals surface area contributed by atoms with Crippen molar-refractivity contribution in [2.75, 3.05) is 0 Å². The monoisotopic (exact) mass is 168 g/mol. The molecule has 0 aliphatic carbocycles. The lowest BCUT2D eigenvalue weighted by molar-refractivity contribution is 0.623. The maximum absolute atomic E-state index is 5.78. The van der Waals surface area contributed by atoms with Gasteiger partial charge in [-0.2, -0.15) is 0 Å². The van der Waals surface area contributed by atoms with Gasteiger partial charge in [0.1, 0.15) is 0 Å². The predicted octanol–water partition coefficient (Wildman–Crippen LogP) is 1.90. The second-order valence-corrected chi connectivity index (χ2v) is 3.24. The molecule has 1 N–H and O–H groups in total. The lowest BCUT2D eigenvalue weighted by Gasteiger charge is -2.01. The van der Waals surface area contributed by atoms with Crippen molar-refractivity contribution < 1.29 is 0 Å². The van der Waals surface area contributed by atoms with Crippen molar-refractivity contribution in [3.63, 3.8) is 0 Å². The van der Waals surface area contributed by atoms with Crippen LogP contribution in [0.1, 0.15) is 24.2 Å². The Labute approximate surface area is 70.6 Å². The van der Waals surface area contributed by atoms with Gasteiger partial charge in [0.25, 0.3) is 0 Å². The molecule has 0 saturated heterocycles. The molecule has 0 amide bonds. The van der Waals surface area contributed by atoms with Gasteiger partial charge in [-0.05, 0) is 18.6 Å². The zero-order valence-electron chi connectivity index (χ0n) is 6.26. The van der Waals surface area contributed by atoms with Gasteiger partial charge in [-0.15, -0.1) is 0 Å². The Kier molecular flexibility index (Phi) is 1.59. The van der Waals surface area contributed by atoms with E-state index >= 15 is 0 Å². The van der Waals surface area contributed by atoms with Crippen LogP contribution in [-0.2, 0) is 6.54 Å². The van der Waals surface area contributed by atoms with Crippen LogP contribution in [0.4, 0.5) is 0 Å². The molecule has 0 spiro atoms. The highest BCUT2D eigenvalue weighted by Gasteiger charge is 2.18. The van der Waals surface area contributed by atoms with E-state index in [-0.39, 0.29) is 0 Å². The Bertz CT molecular complexity index is 285. The van der Waals surface area contributed by atoms with Crippen LogP contribution in [0.5, 0.6) is 0 Å². The average molecular weight is 169 g/mol. The second kappa shape index (κ2) is 2.47. The fourth-order valence-corrected chi connectivity index (χ4v) is 1.56. The molecular formula is C8H9ClN2. The number of aromatic nitrogens is 1. The molecule has 58 valence electrons. The molecule has 1 aromatic rings. The van der Waals surface area contributed by atoms with Crippen molar-refractivity contribution >= 4 is 11.6 Å². The van der Waals surface area contributed by atoms with Crippen LogP contribution in [-0.4, -0.2) is 4.98 Å². The average Bonchev–Trinajstić information content (AvgIpc) is 2.32. The number of hydrogen-bond acceptors (Lipinski definition) is 2. The fourth-order valence-electron chi connectivity index (χ4n) is 1.38. The van der Waals surface area contributed by atoms with E-state index in [1.807, 2.05) is 6.07 Å². The van der Waals surface area contributed by atoms with Gasteiger partial charge in [0.05, 0.1) is 10.7 Å². The Hall–Kier alpha value is -0.600. The predicted molar refractivity (Wildman–Crippen MR) is 44.5 cm³/mol. The van der Waals surface area contributed by atoms with E-state index in [4.69, 9.17) is 11.6 Å². The summed E-state index contributed by atoms with van der Waals surface area (Å²) in [4.78, 5) is 4.25. The maximum Gasteiger partial charge on any atom is 0.0616 e. The Balaban J connectivity index is 2.50. The molecule has 0 radical (unpaired) electrons. The highest BCUT2D eigenvalue weighted by Crippen LogP contribution is 2.24. The number of hydrogen-bond donors (Lipinski definition) is 1. The van der Waals surface area contributed by atoms with E-state index in [0.29, 0.717) is 6.04 Å². The Morgan fingerprint density at radius 2 is 2.55 bits per heavy atom. The first-order chi connectivity index (χ1) is 5.27. The first kappa shape index (κ1) is 7.07. The number of rotatable bonds is 0. The fraction of sp³-hybridized carbons (Fsp3) is 0.375. The molecule has 2 nitrogen and oxygen atoms in total. The maximum atomic E-state index is 5.78. The molecule has 1 aliphatic heterocycles. The summed E-state index contributed by atoms with van der Waals surface area (Å²) in [5.74, 6) is 0. The van der Waals surface area contributed by atoms with Crippen molar-refractivity contribution in [1.29, 1.82) is 0 Å². The standard InChI is InChI=1S/C8H9ClN2/c1-5-8-6(3-10-5)2-7(9)4-11-8/h2,4-5,10H,3H2,1H3/t5-/m0/s1. The summed E-state index contributed by atoms with van der Waals surface area (Å²) >= 11 is 5.78. The topological polar surface area (TPSA) is 24.9 Å². The molecule has 0 aromatic carbocycles. The molecular weight excluding hydrogens is 160 g/mol. The number of nitrogens with one attached hydrogen (secondary N) is 1. The molecule has 1 aliphatic rings. The van der Waals surface area contributed by atoms with Crippen molar-refractivity contribution in [2.24, 2.45) is 0 Å². The third-order valence-electron chi connectivity index (χ3n) is 1.98. The van der Waals surface area contributed by atoms with E-state index in [9.17, 15) is 0 Å². The molecule has 0 saturated carbocycles. The molecule has 0 fully saturated rings. The van der Waals surface area contributed by atoms with Gasteiger partial charge < -0.3 is 5.32 Å². The van der Waals surface area contributed by atoms with Crippen molar-refractivity contribution in [2.45, 2.75) is 19.5 Å². The largest absolute Gasteiger partial charge is 0.305 e. The van der Waals surface area contributed by atoms with Gasteiger partial charge >= 0.3 is 0 Å². The molecule has 2 rings (SSSR count). The SMILES string of the molecule is C[C@@H]1NCc2cc(Cl)cnc21. The van der Waals surface area contributed by atoms with E-state index in [0.717, 1.165) is 17.3 Å². The molecule has 1 aromatic heterocycles. The number of nitrogens with zero attached hydrogens (tertiary/aromatic N) is 1. The summed E-state index contributed by atoms with van der Waals surface area (Å²) in [5, 5.41) is 4.01. The summed E-state index contributed by atoms with van der Waals surface area (Å²) in [6.07, 6.45) is 1.70. The van der Waals surface area contributed by atoms with Crippen LogP contribution in [0.15, 0.2) is 12.3 Å². The summed E-state index contributed by atoms with van der Waals surface area (Å²) in [6.45, 7) is 3.00. The van der Waals surface area contributed by atoms with Crippen LogP contribution in [0.3, 0.4) is 0 Å². The Morgan fingerprint density at radius 3 is 3.36 bits per heavy atom. The van der Waals surface area contributed by atoms with Crippen LogP contribution in [0.2, 0.25) is 5.02 Å². The summed E-state index contributed by atoms with van der Waals surface area (Å²) in [5.41, 5.74) is 2.36. The second-order valence-electron chi connectivity index (χ2n) is 2.80. The minimum atomic E-state index is 0.377. The van der Waals surface area contributed by atoms with Crippen LogP contribution in [0.25, 0.3) is 0 Å². The third-order valence-corrected chi connectivity index (χ3v) is 2.18. The molecule has 1 atom stereocenters. The van der Waals surface area contributed by atoms with Crippen LogP contribution >= 0.6 is 11.6 Å². The summed E-state index contributed by atoms with van der Waals surface area (Å²) in [6, 6.07) is 2.35. The molecule has 0 unspecified atom stereocenters. The van der Waals surface area contributed by atoms with E-state index < -0.39 is 0 Å². The molecule has 11 heavy (non-hydrogen) atoms. The quantitative estimate of drug-likeness (QED) is 0.640. The number of pyridine rings is 1. The molecule has 2 heterocycles. The normalized spacial score (nSPS) is 21.8. The van der Waals surface area contributed by atoms with Gasteiger partial charge in [0, 0.05) is 18.8 Å². The number of halogens is 1. The highest BCUT2D eigenvalue weighted by atomic mass is 35.5. The van der Waals surface area contributed by atoms with Gasteiger partial charge in [0.2, 0.25) is 0 Å². The lowest BCUT2D eigenvalue weighted by atomic mass is 10.2.